The van der Waals surface area contributed by atoms with E-state index < -0.39 is 0 Å². The zero-order valence-electron chi connectivity index (χ0n) is 10.9. The third-order valence-corrected chi connectivity index (χ3v) is 2.85. The van der Waals surface area contributed by atoms with Crippen LogP contribution in [0.5, 0.6) is 5.75 Å². The fourth-order valence-corrected chi connectivity index (χ4v) is 1.59. The van der Waals surface area contributed by atoms with E-state index in [0.717, 1.165) is 6.42 Å². The molecule has 1 rings (SSSR count). The van der Waals surface area contributed by atoms with E-state index in [1.807, 2.05) is 0 Å². The third kappa shape index (κ3) is 5.79. The molecule has 19 heavy (non-hydrogen) atoms. The van der Waals surface area contributed by atoms with Gasteiger partial charge in [-0.3, -0.25) is 9.59 Å². The summed E-state index contributed by atoms with van der Waals surface area (Å²) >= 11 is 4.02. The largest absolute Gasteiger partial charge is 0.497 e. The molecule has 0 heterocycles. The molecule has 0 atom stereocenters. The van der Waals surface area contributed by atoms with E-state index in [1.165, 1.54) is 0 Å². The summed E-state index contributed by atoms with van der Waals surface area (Å²) in [5.41, 5.74) is 0.573. The summed E-state index contributed by atoms with van der Waals surface area (Å²) in [6, 6.07) is 6.82. The zero-order valence-corrected chi connectivity index (χ0v) is 11.8. The molecule has 0 bridgehead atoms. The second-order valence-electron chi connectivity index (χ2n) is 3.95. The topological polar surface area (TPSA) is 52.6 Å². The second kappa shape index (κ2) is 8.58. The Morgan fingerprint density at radius 2 is 1.84 bits per heavy atom. The number of hydrogen-bond donors (Lipinski definition) is 1. The van der Waals surface area contributed by atoms with Crippen LogP contribution in [-0.4, -0.2) is 31.2 Å². The lowest BCUT2D eigenvalue weighted by Crippen LogP contribution is -2.09. The van der Waals surface area contributed by atoms with Crippen molar-refractivity contribution < 1.29 is 19.1 Å². The van der Waals surface area contributed by atoms with Crippen LogP contribution in [0.2, 0.25) is 0 Å². The lowest BCUT2D eigenvalue weighted by Gasteiger charge is -2.04. The van der Waals surface area contributed by atoms with Crippen LogP contribution in [0, 0.1) is 0 Å². The van der Waals surface area contributed by atoms with Crippen molar-refractivity contribution in [2.75, 3.05) is 19.5 Å². The number of thiol groups is 1. The molecule has 0 aliphatic heterocycles. The summed E-state index contributed by atoms with van der Waals surface area (Å²) < 4.78 is 9.96. The molecule has 0 aliphatic carbocycles. The molecule has 0 fully saturated rings. The zero-order chi connectivity index (χ0) is 14.1. The first-order chi connectivity index (χ1) is 9.17. The highest BCUT2D eigenvalue weighted by Gasteiger charge is 2.10. The number of hydrogen-bond acceptors (Lipinski definition) is 5. The number of Topliss-reactive ketones (excluding diaryl/α,β-unsaturated/α-hetero) is 1. The van der Waals surface area contributed by atoms with Crippen molar-refractivity contribution >= 4 is 24.4 Å². The summed E-state index contributed by atoms with van der Waals surface area (Å²) in [4.78, 5) is 23.2. The highest BCUT2D eigenvalue weighted by Crippen LogP contribution is 2.13. The molecule has 0 unspecified atom stereocenters. The minimum Gasteiger partial charge on any atom is -0.497 e. The monoisotopic (exact) mass is 282 g/mol. The fourth-order valence-electron chi connectivity index (χ4n) is 1.46. The first kappa shape index (κ1) is 15.6. The van der Waals surface area contributed by atoms with E-state index in [0.29, 0.717) is 23.7 Å². The number of rotatable bonds is 8. The summed E-state index contributed by atoms with van der Waals surface area (Å²) in [6.45, 7) is 0.360. The molecule has 0 amide bonds. The Labute approximate surface area is 118 Å². The predicted octanol–water partition coefficient (Wildman–Crippen LogP) is 2.52. The minimum atomic E-state index is -0.344. The molecule has 104 valence electrons. The Hall–Kier alpha value is -1.49. The summed E-state index contributed by atoms with van der Waals surface area (Å²) in [7, 11) is 1.57. The van der Waals surface area contributed by atoms with Crippen molar-refractivity contribution in [1.29, 1.82) is 0 Å². The third-order valence-electron chi connectivity index (χ3n) is 2.53. The van der Waals surface area contributed by atoms with Crippen molar-refractivity contribution in [3.8, 4) is 5.75 Å². The highest BCUT2D eigenvalue weighted by molar-refractivity contribution is 7.80. The summed E-state index contributed by atoms with van der Waals surface area (Å²) in [6.07, 6.45) is 0.991. The minimum absolute atomic E-state index is 0.0752. The van der Waals surface area contributed by atoms with Gasteiger partial charge in [-0.1, -0.05) is 0 Å². The SMILES string of the molecule is COc1ccc(C(=O)CCC(=O)OCCCS)cc1. The van der Waals surface area contributed by atoms with Gasteiger partial charge in [-0.25, -0.2) is 0 Å². The Bertz CT molecular complexity index is 414. The van der Waals surface area contributed by atoms with Crippen LogP contribution in [-0.2, 0) is 9.53 Å². The number of methoxy groups -OCH3 is 1. The van der Waals surface area contributed by atoms with Crippen molar-refractivity contribution in [1.82, 2.24) is 0 Å². The van der Waals surface area contributed by atoms with Gasteiger partial charge in [0.05, 0.1) is 20.1 Å². The number of benzene rings is 1. The van der Waals surface area contributed by atoms with Crippen LogP contribution < -0.4 is 4.74 Å². The van der Waals surface area contributed by atoms with Crippen LogP contribution in [0.1, 0.15) is 29.6 Å². The second-order valence-corrected chi connectivity index (χ2v) is 4.40. The molecule has 0 radical (unpaired) electrons. The van der Waals surface area contributed by atoms with Crippen molar-refractivity contribution in [2.45, 2.75) is 19.3 Å². The Morgan fingerprint density at radius 3 is 2.42 bits per heavy atom. The van der Waals surface area contributed by atoms with Crippen LogP contribution in [0.15, 0.2) is 24.3 Å². The number of carbonyl (C=O) groups excluding carboxylic acids is 2. The lowest BCUT2D eigenvalue weighted by atomic mass is 10.1. The van der Waals surface area contributed by atoms with Gasteiger partial charge in [0.25, 0.3) is 0 Å². The van der Waals surface area contributed by atoms with Crippen LogP contribution in [0.4, 0.5) is 0 Å². The fraction of sp³-hybridized carbons (Fsp3) is 0.429. The van der Waals surface area contributed by atoms with E-state index in [4.69, 9.17) is 9.47 Å². The maximum absolute atomic E-state index is 11.8. The molecule has 0 spiro atoms. The van der Waals surface area contributed by atoms with E-state index in [-0.39, 0.29) is 24.6 Å². The maximum Gasteiger partial charge on any atom is 0.306 e. The van der Waals surface area contributed by atoms with Crippen LogP contribution in [0.25, 0.3) is 0 Å². The van der Waals surface area contributed by atoms with Gasteiger partial charge in [0.2, 0.25) is 0 Å². The Balaban J connectivity index is 2.35. The molecule has 1 aromatic carbocycles. The van der Waals surface area contributed by atoms with Crippen molar-refractivity contribution in [3.05, 3.63) is 29.8 Å². The smallest absolute Gasteiger partial charge is 0.306 e. The molecule has 0 saturated heterocycles. The molecule has 0 aliphatic rings. The summed E-state index contributed by atoms with van der Waals surface area (Å²) in [5, 5.41) is 0. The number of carbonyl (C=O) groups is 2. The van der Waals surface area contributed by atoms with Crippen molar-refractivity contribution in [3.63, 3.8) is 0 Å². The standard InChI is InChI=1S/C14H18O4S/c1-17-12-5-3-11(4-6-12)13(15)7-8-14(16)18-9-2-10-19/h3-6,19H,2,7-10H2,1H3. The summed E-state index contributed by atoms with van der Waals surface area (Å²) in [5.74, 6) is 0.957. The molecule has 1 aromatic rings. The normalized spacial score (nSPS) is 10.0. The van der Waals surface area contributed by atoms with Crippen molar-refractivity contribution in [2.24, 2.45) is 0 Å². The Kier molecular flexibility index (Phi) is 7.03. The first-order valence-corrected chi connectivity index (χ1v) is 6.74. The van der Waals surface area contributed by atoms with Crippen LogP contribution >= 0.6 is 12.6 Å². The van der Waals surface area contributed by atoms with Gasteiger partial charge in [-0.05, 0) is 36.4 Å². The van der Waals surface area contributed by atoms with E-state index in [9.17, 15) is 9.59 Å². The lowest BCUT2D eigenvalue weighted by molar-refractivity contribution is -0.143. The molecule has 0 saturated carbocycles. The quantitative estimate of drug-likeness (QED) is 0.344. The average Bonchev–Trinajstić information content (AvgIpc) is 2.45. The van der Waals surface area contributed by atoms with Gasteiger partial charge in [0.1, 0.15) is 5.75 Å². The van der Waals surface area contributed by atoms with Gasteiger partial charge >= 0.3 is 5.97 Å². The number of ether oxygens (including phenoxy) is 2. The first-order valence-electron chi connectivity index (χ1n) is 6.11. The van der Waals surface area contributed by atoms with Gasteiger partial charge in [0, 0.05) is 12.0 Å². The van der Waals surface area contributed by atoms with E-state index in [2.05, 4.69) is 12.6 Å². The van der Waals surface area contributed by atoms with Gasteiger partial charge < -0.3 is 9.47 Å². The van der Waals surface area contributed by atoms with Gasteiger partial charge in [-0.2, -0.15) is 12.6 Å². The molecule has 4 nitrogen and oxygen atoms in total. The maximum atomic E-state index is 11.8. The Morgan fingerprint density at radius 1 is 1.16 bits per heavy atom. The highest BCUT2D eigenvalue weighted by atomic mass is 32.1. The molecule has 5 heteroatoms. The molecular weight excluding hydrogens is 264 g/mol. The molecule has 0 N–H and O–H groups in total. The predicted molar refractivity (Wildman–Crippen MR) is 76.0 cm³/mol. The molecule has 0 aromatic heterocycles. The van der Waals surface area contributed by atoms with E-state index in [1.54, 1.807) is 31.4 Å². The van der Waals surface area contributed by atoms with Gasteiger partial charge in [0.15, 0.2) is 5.78 Å². The van der Waals surface area contributed by atoms with E-state index >= 15 is 0 Å². The van der Waals surface area contributed by atoms with Crippen LogP contribution in [0.3, 0.4) is 0 Å². The average molecular weight is 282 g/mol. The number of esters is 1. The van der Waals surface area contributed by atoms with Gasteiger partial charge in [-0.15, -0.1) is 0 Å². The number of ketones is 1. The molecular formula is C14H18O4S.